The predicted molar refractivity (Wildman–Crippen MR) is 142 cm³/mol. The molecule has 0 aliphatic carbocycles. The molecule has 1 saturated heterocycles. The Hall–Kier alpha value is -3.80. The average molecular weight is 537 g/mol. The highest BCUT2D eigenvalue weighted by atomic mass is 35.5. The SMILES string of the molecule is N=C(N)c1ccc(CCNC(=O)c2csc([C@@H]3C[C@@H](N)CN3C(=O)c3cn4cc(Cl)ccc4n3)n2)cc1. The maximum atomic E-state index is 13.3. The van der Waals surface area contributed by atoms with Gasteiger partial charge >= 0.3 is 0 Å². The molecule has 4 heterocycles. The highest BCUT2D eigenvalue weighted by molar-refractivity contribution is 7.09. The number of fused-ring (bicyclic) bond motifs is 1. The number of carbonyl (C=O) groups is 2. The summed E-state index contributed by atoms with van der Waals surface area (Å²) in [6, 6.07) is 10.3. The zero-order valence-corrected chi connectivity index (χ0v) is 21.3. The number of thiazole rings is 1. The van der Waals surface area contributed by atoms with Gasteiger partial charge in [-0.3, -0.25) is 15.0 Å². The second kappa shape index (κ2) is 10.3. The summed E-state index contributed by atoms with van der Waals surface area (Å²) >= 11 is 7.39. The Morgan fingerprint density at radius 3 is 2.68 bits per heavy atom. The number of carbonyl (C=O) groups excluding carboxylic acids is 2. The first-order valence-corrected chi connectivity index (χ1v) is 12.9. The number of halogens is 1. The van der Waals surface area contributed by atoms with Crippen LogP contribution in [0.3, 0.4) is 0 Å². The summed E-state index contributed by atoms with van der Waals surface area (Å²) < 4.78 is 1.71. The first-order valence-electron chi connectivity index (χ1n) is 11.7. The summed E-state index contributed by atoms with van der Waals surface area (Å²) in [5.74, 6) is -0.499. The summed E-state index contributed by atoms with van der Waals surface area (Å²) in [6.07, 6.45) is 4.53. The van der Waals surface area contributed by atoms with Gasteiger partial charge < -0.3 is 26.1 Å². The van der Waals surface area contributed by atoms with Crippen LogP contribution >= 0.6 is 22.9 Å². The van der Waals surface area contributed by atoms with Crippen molar-refractivity contribution in [1.29, 1.82) is 5.41 Å². The van der Waals surface area contributed by atoms with Crippen molar-refractivity contribution >= 4 is 46.2 Å². The Labute approximate surface area is 221 Å². The lowest BCUT2D eigenvalue weighted by Crippen LogP contribution is -2.33. The van der Waals surface area contributed by atoms with Crippen molar-refractivity contribution in [3.05, 3.63) is 86.7 Å². The molecule has 12 heteroatoms. The first-order chi connectivity index (χ1) is 17.8. The summed E-state index contributed by atoms with van der Waals surface area (Å²) in [5, 5.41) is 13.3. The highest BCUT2D eigenvalue weighted by Gasteiger charge is 2.37. The Kier molecular flexibility index (Phi) is 6.92. The third-order valence-electron chi connectivity index (χ3n) is 6.23. The maximum absolute atomic E-state index is 13.3. The van der Waals surface area contributed by atoms with Crippen LogP contribution in [0, 0.1) is 5.41 Å². The monoisotopic (exact) mass is 536 g/mol. The Bertz CT molecular complexity index is 1480. The molecular weight excluding hydrogens is 512 g/mol. The van der Waals surface area contributed by atoms with Gasteiger partial charge in [0.15, 0.2) is 0 Å². The number of nitrogens with one attached hydrogen (secondary N) is 2. The minimum atomic E-state index is -0.331. The van der Waals surface area contributed by atoms with E-state index in [0.717, 1.165) is 5.56 Å². The molecular formula is C25H25ClN8O2S. The number of nitrogen functional groups attached to an aromatic ring is 1. The summed E-state index contributed by atoms with van der Waals surface area (Å²) in [7, 11) is 0. The number of imidazole rings is 1. The van der Waals surface area contributed by atoms with E-state index in [4.69, 9.17) is 28.5 Å². The molecule has 0 radical (unpaired) electrons. The minimum absolute atomic E-state index is 0.0194. The quantitative estimate of drug-likeness (QED) is 0.210. The van der Waals surface area contributed by atoms with Gasteiger partial charge in [-0.25, -0.2) is 9.97 Å². The lowest BCUT2D eigenvalue weighted by Gasteiger charge is -2.21. The van der Waals surface area contributed by atoms with E-state index < -0.39 is 0 Å². The van der Waals surface area contributed by atoms with Crippen LogP contribution in [0.25, 0.3) is 5.65 Å². The topological polar surface area (TPSA) is 155 Å². The highest BCUT2D eigenvalue weighted by Crippen LogP contribution is 2.34. The molecule has 3 aromatic heterocycles. The van der Waals surface area contributed by atoms with Crippen LogP contribution in [-0.4, -0.2) is 56.0 Å². The van der Waals surface area contributed by atoms with Crippen LogP contribution in [-0.2, 0) is 6.42 Å². The molecule has 1 aliphatic rings. The number of nitrogens with zero attached hydrogens (tertiary/aromatic N) is 4. The molecule has 1 fully saturated rings. The largest absolute Gasteiger partial charge is 0.384 e. The minimum Gasteiger partial charge on any atom is -0.384 e. The molecule has 6 N–H and O–H groups in total. The molecule has 4 aromatic rings. The van der Waals surface area contributed by atoms with E-state index in [-0.39, 0.29) is 29.7 Å². The molecule has 1 aliphatic heterocycles. The molecule has 1 aromatic carbocycles. The molecule has 5 rings (SSSR count). The van der Waals surface area contributed by atoms with Gasteiger partial charge in [0.05, 0.1) is 11.1 Å². The molecule has 10 nitrogen and oxygen atoms in total. The van der Waals surface area contributed by atoms with E-state index in [1.807, 2.05) is 12.1 Å². The van der Waals surface area contributed by atoms with Gasteiger partial charge in [0.2, 0.25) is 0 Å². The smallest absolute Gasteiger partial charge is 0.274 e. The first kappa shape index (κ1) is 24.9. The number of nitrogens with two attached hydrogens (primary N) is 2. The van der Waals surface area contributed by atoms with E-state index in [9.17, 15) is 9.59 Å². The van der Waals surface area contributed by atoms with Gasteiger partial charge in [0.25, 0.3) is 11.8 Å². The molecule has 190 valence electrons. The van der Waals surface area contributed by atoms with Crippen molar-refractivity contribution in [2.75, 3.05) is 13.1 Å². The van der Waals surface area contributed by atoms with E-state index >= 15 is 0 Å². The van der Waals surface area contributed by atoms with E-state index in [0.29, 0.717) is 58.6 Å². The van der Waals surface area contributed by atoms with E-state index in [2.05, 4.69) is 15.3 Å². The third kappa shape index (κ3) is 5.33. The summed E-state index contributed by atoms with van der Waals surface area (Å²) in [5.41, 5.74) is 14.6. The summed E-state index contributed by atoms with van der Waals surface area (Å²) in [4.78, 5) is 36.7. The number of likely N-dealkylation sites (tertiary alicyclic amines) is 1. The molecule has 0 saturated carbocycles. The number of hydrogen-bond acceptors (Lipinski definition) is 7. The number of aromatic nitrogens is 3. The Morgan fingerprint density at radius 1 is 1.14 bits per heavy atom. The van der Waals surface area contributed by atoms with Crippen LogP contribution < -0.4 is 16.8 Å². The fourth-order valence-electron chi connectivity index (χ4n) is 4.35. The lowest BCUT2D eigenvalue weighted by atomic mass is 10.1. The number of benzene rings is 1. The predicted octanol–water partition coefficient (Wildman–Crippen LogP) is 2.62. The number of rotatable bonds is 7. The normalized spacial score (nSPS) is 17.3. The van der Waals surface area contributed by atoms with Crippen molar-refractivity contribution < 1.29 is 9.59 Å². The summed E-state index contributed by atoms with van der Waals surface area (Å²) in [6.45, 7) is 0.809. The fraction of sp³-hybridized carbons (Fsp3) is 0.240. The van der Waals surface area contributed by atoms with Gasteiger partial charge in [-0.15, -0.1) is 11.3 Å². The van der Waals surface area contributed by atoms with Crippen molar-refractivity contribution in [3.8, 4) is 0 Å². The number of amidine groups is 1. The van der Waals surface area contributed by atoms with Gasteiger partial charge in [0.1, 0.15) is 27.9 Å². The number of pyridine rings is 1. The van der Waals surface area contributed by atoms with Crippen LogP contribution in [0.15, 0.2) is 54.2 Å². The van der Waals surface area contributed by atoms with E-state index in [1.54, 1.807) is 51.3 Å². The second-order valence-corrected chi connectivity index (χ2v) is 10.2. The molecule has 0 spiro atoms. The van der Waals surface area contributed by atoms with Gasteiger partial charge in [-0.1, -0.05) is 35.9 Å². The Balaban J connectivity index is 1.24. The van der Waals surface area contributed by atoms with Crippen molar-refractivity contribution in [2.45, 2.75) is 24.9 Å². The van der Waals surface area contributed by atoms with Gasteiger partial charge in [0, 0.05) is 42.5 Å². The second-order valence-electron chi connectivity index (χ2n) is 8.90. The van der Waals surface area contributed by atoms with Crippen molar-refractivity contribution in [1.82, 2.24) is 24.6 Å². The number of amides is 2. The molecule has 0 unspecified atom stereocenters. The van der Waals surface area contributed by atoms with Crippen LogP contribution in [0.4, 0.5) is 0 Å². The zero-order chi connectivity index (χ0) is 26.1. The zero-order valence-electron chi connectivity index (χ0n) is 19.7. The third-order valence-corrected chi connectivity index (χ3v) is 7.40. The van der Waals surface area contributed by atoms with Crippen LogP contribution in [0.1, 0.15) is 49.6 Å². The molecule has 2 amide bonds. The molecule has 2 atom stereocenters. The van der Waals surface area contributed by atoms with E-state index in [1.165, 1.54) is 11.3 Å². The Morgan fingerprint density at radius 2 is 1.92 bits per heavy atom. The molecule has 0 bridgehead atoms. The standard InChI is InChI=1S/C25H25ClN8O2S/c26-16-5-6-21-31-18(12-33(21)10-16)25(36)34-11-17(27)9-20(34)24-32-19(13-37-24)23(35)30-8-7-14-1-3-15(4-2-14)22(28)29/h1-6,10,12-13,17,20H,7-9,11,27H2,(H3,28,29)(H,30,35)/t17-,20+/m1/s1. The van der Waals surface area contributed by atoms with Crippen LogP contribution in [0.2, 0.25) is 5.02 Å². The average Bonchev–Trinajstić information content (AvgIpc) is 3.61. The fourth-order valence-corrected chi connectivity index (χ4v) is 5.44. The van der Waals surface area contributed by atoms with Gasteiger partial charge in [-0.05, 0) is 30.5 Å². The number of hydrogen-bond donors (Lipinski definition) is 4. The lowest BCUT2D eigenvalue weighted by molar-refractivity contribution is 0.0728. The van der Waals surface area contributed by atoms with Crippen molar-refractivity contribution in [2.24, 2.45) is 11.5 Å². The van der Waals surface area contributed by atoms with Crippen molar-refractivity contribution in [3.63, 3.8) is 0 Å². The maximum Gasteiger partial charge on any atom is 0.274 e. The molecule has 37 heavy (non-hydrogen) atoms. The van der Waals surface area contributed by atoms with Gasteiger partial charge in [-0.2, -0.15) is 0 Å². The van der Waals surface area contributed by atoms with Crippen LogP contribution in [0.5, 0.6) is 0 Å².